The van der Waals surface area contributed by atoms with Crippen molar-refractivity contribution in [3.05, 3.63) is 96.3 Å². The summed E-state index contributed by atoms with van der Waals surface area (Å²) in [6.45, 7) is 0.830. The van der Waals surface area contributed by atoms with E-state index in [-0.39, 0.29) is 12.6 Å². The van der Waals surface area contributed by atoms with Gasteiger partial charge in [0.2, 0.25) is 0 Å². The number of rotatable bonds is 6. The first kappa shape index (κ1) is 16.7. The minimum atomic E-state index is -0.349. The molecule has 0 spiro atoms. The molecule has 0 unspecified atom stereocenters. The van der Waals surface area contributed by atoms with E-state index in [9.17, 15) is 4.79 Å². The molecule has 0 fully saturated rings. The molecule has 2 aromatic carbocycles. The Balaban J connectivity index is 1.33. The van der Waals surface area contributed by atoms with Gasteiger partial charge in [-0.3, -0.25) is 0 Å². The summed E-state index contributed by atoms with van der Waals surface area (Å²) >= 11 is 0. The van der Waals surface area contributed by atoms with Gasteiger partial charge in [-0.15, -0.1) is 0 Å². The van der Waals surface area contributed by atoms with Gasteiger partial charge in [-0.05, 0) is 41.5 Å². The summed E-state index contributed by atoms with van der Waals surface area (Å²) in [5.41, 5.74) is 3.43. The van der Waals surface area contributed by atoms with Crippen LogP contribution in [0.1, 0.15) is 21.5 Å². The van der Waals surface area contributed by atoms with E-state index in [0.717, 1.165) is 16.8 Å². The van der Waals surface area contributed by atoms with Gasteiger partial charge in [-0.25, -0.2) is 19.1 Å². The number of benzene rings is 2. The summed E-state index contributed by atoms with van der Waals surface area (Å²) < 4.78 is 8.90. The van der Waals surface area contributed by atoms with E-state index in [2.05, 4.69) is 15.2 Å². The van der Waals surface area contributed by atoms with E-state index in [4.69, 9.17) is 4.74 Å². The van der Waals surface area contributed by atoms with Crippen LogP contribution in [0.2, 0.25) is 0 Å². The van der Waals surface area contributed by atoms with E-state index in [1.165, 1.54) is 6.33 Å². The minimum absolute atomic E-state index is 0.221. The highest BCUT2D eigenvalue weighted by molar-refractivity contribution is 5.89. The molecule has 2 heterocycles. The van der Waals surface area contributed by atoms with Crippen LogP contribution >= 0.6 is 0 Å². The van der Waals surface area contributed by atoms with E-state index < -0.39 is 0 Å². The summed E-state index contributed by atoms with van der Waals surface area (Å²) in [4.78, 5) is 16.1. The Morgan fingerprint density at radius 3 is 2.41 bits per heavy atom. The summed E-state index contributed by atoms with van der Waals surface area (Å²) in [6.07, 6.45) is 6.75. The maximum absolute atomic E-state index is 12.2. The highest BCUT2D eigenvalue weighted by Gasteiger charge is 2.08. The molecular formula is C20H17N5O2. The van der Waals surface area contributed by atoms with Crippen molar-refractivity contribution in [2.75, 3.05) is 0 Å². The minimum Gasteiger partial charge on any atom is -0.457 e. The van der Waals surface area contributed by atoms with Crippen LogP contribution in [0.3, 0.4) is 0 Å². The Labute approximate surface area is 155 Å². The summed E-state index contributed by atoms with van der Waals surface area (Å²) in [6, 6.07) is 16.9. The summed E-state index contributed by atoms with van der Waals surface area (Å²) in [5, 5.41) is 8.25. The second-order valence-corrected chi connectivity index (χ2v) is 5.98. The average molecular weight is 359 g/mol. The lowest BCUT2D eigenvalue weighted by molar-refractivity contribution is 0.0472. The maximum atomic E-state index is 12.2. The lowest BCUT2D eigenvalue weighted by Gasteiger charge is -2.07. The second kappa shape index (κ2) is 7.65. The van der Waals surface area contributed by atoms with Gasteiger partial charge in [0.15, 0.2) is 0 Å². The van der Waals surface area contributed by atoms with Crippen LogP contribution in [-0.4, -0.2) is 30.5 Å². The Kier molecular flexibility index (Phi) is 4.74. The summed E-state index contributed by atoms with van der Waals surface area (Å²) in [7, 11) is 0. The molecule has 0 saturated carbocycles. The zero-order chi connectivity index (χ0) is 18.5. The second-order valence-electron chi connectivity index (χ2n) is 5.98. The highest BCUT2D eigenvalue weighted by atomic mass is 16.5. The molecule has 7 nitrogen and oxygen atoms in total. The molecule has 4 rings (SSSR count). The van der Waals surface area contributed by atoms with Crippen LogP contribution in [0.15, 0.2) is 79.6 Å². The van der Waals surface area contributed by atoms with Gasteiger partial charge in [-0.2, -0.15) is 10.2 Å². The van der Waals surface area contributed by atoms with Gasteiger partial charge in [0.25, 0.3) is 0 Å². The molecule has 0 amide bonds. The number of hydrogen-bond acceptors (Lipinski definition) is 5. The van der Waals surface area contributed by atoms with Crippen LogP contribution in [0, 0.1) is 0 Å². The first-order valence-electron chi connectivity index (χ1n) is 8.45. The van der Waals surface area contributed by atoms with Crippen LogP contribution in [0.25, 0.3) is 5.69 Å². The first-order valence-corrected chi connectivity index (χ1v) is 8.45. The van der Waals surface area contributed by atoms with E-state index >= 15 is 0 Å². The maximum Gasteiger partial charge on any atom is 0.338 e. The van der Waals surface area contributed by atoms with Crippen LogP contribution in [0.5, 0.6) is 0 Å². The van der Waals surface area contributed by atoms with Crippen molar-refractivity contribution in [2.24, 2.45) is 0 Å². The fourth-order valence-electron chi connectivity index (χ4n) is 2.65. The molecule has 0 aliphatic rings. The molecule has 4 aromatic rings. The molecule has 0 aliphatic heterocycles. The van der Waals surface area contributed by atoms with Gasteiger partial charge in [-0.1, -0.05) is 24.3 Å². The fraction of sp³-hybridized carbons (Fsp3) is 0.100. The quantitative estimate of drug-likeness (QED) is 0.495. The number of hydrogen-bond donors (Lipinski definition) is 0. The molecule has 0 radical (unpaired) electrons. The topological polar surface area (TPSA) is 74.8 Å². The molecule has 0 saturated heterocycles. The third-order valence-corrected chi connectivity index (χ3v) is 4.08. The lowest BCUT2D eigenvalue weighted by atomic mass is 10.1. The molecular weight excluding hydrogens is 342 g/mol. The molecule has 0 aliphatic carbocycles. The van der Waals surface area contributed by atoms with E-state index in [0.29, 0.717) is 12.1 Å². The van der Waals surface area contributed by atoms with Crippen LogP contribution in [0.4, 0.5) is 0 Å². The largest absolute Gasteiger partial charge is 0.457 e. The third-order valence-electron chi connectivity index (χ3n) is 4.08. The number of nitrogens with zero attached hydrogens (tertiary/aromatic N) is 5. The highest BCUT2D eigenvalue weighted by Crippen LogP contribution is 2.12. The van der Waals surface area contributed by atoms with Crippen molar-refractivity contribution < 1.29 is 9.53 Å². The molecule has 7 heteroatoms. The Morgan fingerprint density at radius 2 is 1.74 bits per heavy atom. The smallest absolute Gasteiger partial charge is 0.338 e. The number of esters is 1. The van der Waals surface area contributed by atoms with Gasteiger partial charge >= 0.3 is 5.97 Å². The lowest BCUT2D eigenvalue weighted by Crippen LogP contribution is -2.06. The van der Waals surface area contributed by atoms with Crippen LogP contribution < -0.4 is 0 Å². The average Bonchev–Trinajstić information content (AvgIpc) is 3.41. The molecule has 2 aromatic heterocycles. The van der Waals surface area contributed by atoms with Gasteiger partial charge in [0, 0.05) is 12.4 Å². The van der Waals surface area contributed by atoms with Crippen molar-refractivity contribution in [2.45, 2.75) is 13.2 Å². The van der Waals surface area contributed by atoms with Gasteiger partial charge < -0.3 is 4.74 Å². The molecule has 0 atom stereocenters. The molecule has 27 heavy (non-hydrogen) atoms. The van der Waals surface area contributed by atoms with Crippen molar-refractivity contribution in [1.29, 1.82) is 0 Å². The number of ether oxygens (including phenoxy) is 1. The van der Waals surface area contributed by atoms with Crippen molar-refractivity contribution in [1.82, 2.24) is 24.5 Å². The predicted octanol–water partition coefficient (Wildman–Crippen LogP) is 2.87. The molecule has 134 valence electrons. The van der Waals surface area contributed by atoms with Crippen molar-refractivity contribution >= 4 is 5.97 Å². The van der Waals surface area contributed by atoms with E-state index in [1.54, 1.807) is 34.0 Å². The standard InChI is InChI=1S/C20H17N5O2/c26-20(18-6-2-16(3-7-18)12-24-15-21-14-23-24)27-13-17-4-8-19(9-5-17)25-11-1-10-22-25/h1-11,14-15H,12-13H2. The molecule has 0 bridgehead atoms. The Hall–Kier alpha value is -3.74. The predicted molar refractivity (Wildman–Crippen MR) is 98.2 cm³/mol. The number of aromatic nitrogens is 5. The zero-order valence-electron chi connectivity index (χ0n) is 14.5. The first-order chi connectivity index (χ1) is 13.3. The normalized spacial score (nSPS) is 10.7. The summed E-state index contributed by atoms with van der Waals surface area (Å²) in [5.74, 6) is -0.349. The zero-order valence-corrected chi connectivity index (χ0v) is 14.5. The Morgan fingerprint density at radius 1 is 0.963 bits per heavy atom. The van der Waals surface area contributed by atoms with Gasteiger partial charge in [0.1, 0.15) is 19.3 Å². The van der Waals surface area contributed by atoms with Crippen LogP contribution in [-0.2, 0) is 17.9 Å². The van der Waals surface area contributed by atoms with Crippen molar-refractivity contribution in [3.8, 4) is 5.69 Å². The SMILES string of the molecule is O=C(OCc1ccc(-n2cccn2)cc1)c1ccc(Cn2cncn2)cc1. The Bertz CT molecular complexity index is 992. The number of carbonyl (C=O) groups excluding carboxylic acids is 1. The number of carbonyl (C=O) groups is 1. The van der Waals surface area contributed by atoms with Crippen molar-refractivity contribution in [3.63, 3.8) is 0 Å². The third kappa shape index (κ3) is 4.09. The van der Waals surface area contributed by atoms with Gasteiger partial charge in [0.05, 0.1) is 17.8 Å². The molecule has 0 N–H and O–H groups in total. The monoisotopic (exact) mass is 359 g/mol. The van der Waals surface area contributed by atoms with E-state index in [1.807, 2.05) is 48.7 Å². The fourth-order valence-corrected chi connectivity index (χ4v) is 2.65.